The number of halogens is 1. The van der Waals surface area contributed by atoms with E-state index in [1.54, 1.807) is 37.3 Å². The van der Waals surface area contributed by atoms with Crippen molar-refractivity contribution in [2.24, 2.45) is 0 Å². The van der Waals surface area contributed by atoms with Gasteiger partial charge in [-0.2, -0.15) is 0 Å². The van der Waals surface area contributed by atoms with Crippen LogP contribution < -0.4 is 0 Å². The Labute approximate surface area is 146 Å². The minimum atomic E-state index is -3.62. The second-order valence-corrected chi connectivity index (χ2v) is 7.99. The lowest BCUT2D eigenvalue weighted by Crippen LogP contribution is -2.22. The number of benzene rings is 2. The summed E-state index contributed by atoms with van der Waals surface area (Å²) in [5.41, 5.74) is 1.53. The molecule has 0 aromatic heterocycles. The van der Waals surface area contributed by atoms with Crippen LogP contribution in [0.1, 0.15) is 21.5 Å². The van der Waals surface area contributed by atoms with Gasteiger partial charge in [-0.15, -0.1) is 0 Å². The monoisotopic (exact) mass is 367 g/mol. The van der Waals surface area contributed by atoms with E-state index in [9.17, 15) is 13.2 Å². The highest BCUT2D eigenvalue weighted by atomic mass is 35.5. The lowest BCUT2D eigenvalue weighted by molar-refractivity contribution is 0.0471. The second-order valence-electron chi connectivity index (χ2n) is 5.43. The fourth-order valence-corrected chi connectivity index (χ4v) is 3.15. The number of hydrogen-bond acceptors (Lipinski definition) is 4. The van der Waals surface area contributed by atoms with Crippen LogP contribution in [0, 0.1) is 6.92 Å². The van der Waals surface area contributed by atoms with Crippen molar-refractivity contribution in [3.8, 4) is 0 Å². The zero-order valence-electron chi connectivity index (χ0n) is 13.6. The molecule has 0 saturated carbocycles. The zero-order valence-corrected chi connectivity index (χ0v) is 15.2. The third-order valence-corrected chi connectivity index (χ3v) is 5.70. The molecule has 24 heavy (non-hydrogen) atoms. The first-order valence-electron chi connectivity index (χ1n) is 7.17. The van der Waals surface area contributed by atoms with Crippen LogP contribution >= 0.6 is 11.6 Å². The van der Waals surface area contributed by atoms with Crippen molar-refractivity contribution in [1.82, 2.24) is 4.31 Å². The summed E-state index contributed by atoms with van der Waals surface area (Å²) in [4.78, 5) is 12.4. The average Bonchev–Trinajstić information content (AvgIpc) is 2.54. The van der Waals surface area contributed by atoms with E-state index < -0.39 is 16.0 Å². The van der Waals surface area contributed by atoms with Crippen molar-refractivity contribution in [3.05, 3.63) is 64.2 Å². The molecule has 2 aromatic carbocycles. The van der Waals surface area contributed by atoms with Crippen LogP contribution in [0.15, 0.2) is 47.4 Å². The van der Waals surface area contributed by atoms with E-state index in [0.29, 0.717) is 16.1 Å². The van der Waals surface area contributed by atoms with E-state index >= 15 is 0 Å². The predicted octanol–water partition coefficient (Wildman–Crippen LogP) is 3.26. The number of carbonyl (C=O) groups excluding carboxylic acids is 1. The van der Waals surface area contributed by atoms with Gasteiger partial charge in [-0.25, -0.2) is 17.5 Å². The lowest BCUT2D eigenvalue weighted by Gasteiger charge is -2.13. The number of esters is 1. The smallest absolute Gasteiger partial charge is 0.338 e. The molecule has 0 spiro atoms. The quantitative estimate of drug-likeness (QED) is 0.761. The largest absolute Gasteiger partial charge is 0.457 e. The number of carbonyl (C=O) groups is 1. The second kappa shape index (κ2) is 7.34. The van der Waals surface area contributed by atoms with Crippen LogP contribution in [0.2, 0.25) is 5.02 Å². The third kappa shape index (κ3) is 3.95. The molecule has 2 aromatic rings. The highest BCUT2D eigenvalue weighted by Crippen LogP contribution is 2.20. The van der Waals surface area contributed by atoms with E-state index in [1.165, 1.54) is 26.2 Å². The number of rotatable bonds is 5. The van der Waals surface area contributed by atoms with Crippen LogP contribution in [0.25, 0.3) is 0 Å². The Morgan fingerprint density at radius 2 is 1.83 bits per heavy atom. The molecule has 0 atom stereocenters. The highest BCUT2D eigenvalue weighted by Gasteiger charge is 2.21. The Morgan fingerprint density at radius 1 is 1.17 bits per heavy atom. The van der Waals surface area contributed by atoms with Crippen LogP contribution in [0.3, 0.4) is 0 Å². The summed E-state index contributed by atoms with van der Waals surface area (Å²) in [7, 11) is -0.749. The zero-order chi connectivity index (χ0) is 17.9. The first-order valence-corrected chi connectivity index (χ1v) is 8.99. The molecule has 0 amide bonds. The average molecular weight is 368 g/mol. The Balaban J connectivity index is 2.25. The van der Waals surface area contributed by atoms with Crippen molar-refractivity contribution in [2.45, 2.75) is 18.4 Å². The van der Waals surface area contributed by atoms with Gasteiger partial charge in [0.2, 0.25) is 10.0 Å². The molecule has 0 aliphatic carbocycles. The number of hydrogen-bond donors (Lipinski definition) is 0. The summed E-state index contributed by atoms with van der Waals surface area (Å²) < 4.78 is 30.8. The van der Waals surface area contributed by atoms with E-state index in [2.05, 4.69) is 0 Å². The Kier molecular flexibility index (Phi) is 5.64. The maximum atomic E-state index is 12.3. The summed E-state index contributed by atoms with van der Waals surface area (Å²) in [5.74, 6) is -0.594. The molecular weight excluding hydrogens is 350 g/mol. The molecule has 5 nitrogen and oxygen atoms in total. The minimum Gasteiger partial charge on any atom is -0.457 e. The van der Waals surface area contributed by atoms with Crippen LogP contribution in [-0.4, -0.2) is 32.8 Å². The van der Waals surface area contributed by atoms with Gasteiger partial charge in [-0.1, -0.05) is 35.9 Å². The van der Waals surface area contributed by atoms with E-state index in [-0.39, 0.29) is 17.1 Å². The van der Waals surface area contributed by atoms with Crippen molar-refractivity contribution in [3.63, 3.8) is 0 Å². The number of aryl methyl sites for hydroxylation is 1. The van der Waals surface area contributed by atoms with Gasteiger partial charge < -0.3 is 4.74 Å². The highest BCUT2D eigenvalue weighted by molar-refractivity contribution is 7.89. The molecule has 0 N–H and O–H groups in total. The molecule has 128 valence electrons. The van der Waals surface area contributed by atoms with Gasteiger partial charge in [0.25, 0.3) is 0 Å². The first kappa shape index (κ1) is 18.4. The molecule has 0 radical (unpaired) electrons. The minimum absolute atomic E-state index is 0.0165. The van der Waals surface area contributed by atoms with Crippen LogP contribution in [0.4, 0.5) is 0 Å². The van der Waals surface area contributed by atoms with Gasteiger partial charge in [0.15, 0.2) is 0 Å². The fraction of sp³-hybridized carbons (Fsp3) is 0.235. The van der Waals surface area contributed by atoms with Crippen molar-refractivity contribution < 1.29 is 17.9 Å². The maximum Gasteiger partial charge on any atom is 0.338 e. The summed E-state index contributed by atoms with van der Waals surface area (Å²) in [5, 5.41) is 0.506. The van der Waals surface area contributed by atoms with E-state index in [0.717, 1.165) is 4.31 Å². The van der Waals surface area contributed by atoms with Crippen molar-refractivity contribution in [1.29, 1.82) is 0 Å². The Hall–Kier alpha value is -1.89. The molecule has 0 bridgehead atoms. The number of nitrogens with zero attached hydrogens (tertiary/aromatic N) is 1. The van der Waals surface area contributed by atoms with Gasteiger partial charge in [-0.05, 0) is 30.7 Å². The number of sulfonamides is 1. The molecule has 2 rings (SSSR count). The summed E-state index contributed by atoms with van der Waals surface area (Å²) >= 11 is 6.03. The van der Waals surface area contributed by atoms with Gasteiger partial charge in [0.1, 0.15) is 6.61 Å². The molecule has 0 fully saturated rings. The lowest BCUT2D eigenvalue weighted by atomic mass is 10.1. The Morgan fingerprint density at radius 3 is 2.46 bits per heavy atom. The van der Waals surface area contributed by atoms with Crippen molar-refractivity contribution in [2.75, 3.05) is 14.1 Å². The van der Waals surface area contributed by atoms with E-state index in [4.69, 9.17) is 16.3 Å². The SMILES string of the molecule is Cc1ccc(S(=O)(=O)N(C)C)cc1C(=O)OCc1ccccc1Cl. The van der Waals surface area contributed by atoms with Crippen LogP contribution in [0.5, 0.6) is 0 Å². The normalized spacial score (nSPS) is 11.5. The Bertz CT molecular complexity index is 863. The van der Waals surface area contributed by atoms with Gasteiger partial charge in [0.05, 0.1) is 10.5 Å². The molecular formula is C17H18ClNO4S. The summed E-state index contributed by atoms with van der Waals surface area (Å²) in [6.07, 6.45) is 0. The molecule has 0 heterocycles. The standard InChI is InChI=1S/C17H18ClNO4S/c1-12-8-9-14(24(21,22)19(2)3)10-15(12)17(20)23-11-13-6-4-5-7-16(13)18/h4-10H,11H2,1-3H3. The maximum absolute atomic E-state index is 12.3. The first-order chi connectivity index (χ1) is 11.2. The molecule has 0 aliphatic heterocycles. The topological polar surface area (TPSA) is 63.7 Å². The molecule has 0 unspecified atom stereocenters. The summed E-state index contributed by atoms with van der Waals surface area (Å²) in [6.45, 7) is 1.74. The molecule has 0 aliphatic rings. The van der Waals surface area contributed by atoms with Crippen molar-refractivity contribution >= 4 is 27.6 Å². The summed E-state index contributed by atoms with van der Waals surface area (Å²) in [6, 6.07) is 11.4. The molecule has 7 heteroatoms. The predicted molar refractivity (Wildman–Crippen MR) is 92.6 cm³/mol. The van der Waals surface area contributed by atoms with Gasteiger partial charge >= 0.3 is 5.97 Å². The van der Waals surface area contributed by atoms with Gasteiger partial charge in [-0.3, -0.25) is 0 Å². The fourth-order valence-electron chi connectivity index (χ4n) is 2.03. The number of ether oxygens (including phenoxy) is 1. The van der Waals surface area contributed by atoms with E-state index in [1.807, 2.05) is 0 Å². The third-order valence-electron chi connectivity index (χ3n) is 3.52. The van der Waals surface area contributed by atoms with Gasteiger partial charge in [0, 0.05) is 24.7 Å². The van der Waals surface area contributed by atoms with Crippen LogP contribution in [-0.2, 0) is 21.4 Å². The molecule has 0 saturated heterocycles.